The summed E-state index contributed by atoms with van der Waals surface area (Å²) in [4.78, 5) is 34.7. The monoisotopic (exact) mass is 367 g/mol. The standard InChI is InChI=1S/C20H21N3O4/c24-18(25)11-4-13-2-1-3-17(12-13)23-20(27)22-16-7-5-14(6-8-16)19(26)21-15-9-10-15/h1-3,5-8,12,15H,4,9-11H2,(H,21,26)(H,24,25)(H2,22,23,27). The Bertz CT molecular complexity index is 845. The summed E-state index contributed by atoms with van der Waals surface area (Å²) in [6.07, 6.45) is 2.50. The molecule has 0 heterocycles. The second kappa shape index (κ2) is 8.35. The van der Waals surface area contributed by atoms with Gasteiger partial charge in [-0.15, -0.1) is 0 Å². The zero-order valence-electron chi connectivity index (χ0n) is 14.7. The number of anilines is 2. The number of carbonyl (C=O) groups excluding carboxylic acids is 2. The summed E-state index contributed by atoms with van der Waals surface area (Å²) >= 11 is 0. The maximum absolute atomic E-state index is 12.1. The first kappa shape index (κ1) is 18.4. The molecule has 4 N–H and O–H groups in total. The number of hydrogen-bond donors (Lipinski definition) is 4. The minimum Gasteiger partial charge on any atom is -0.481 e. The molecule has 1 aliphatic rings. The van der Waals surface area contributed by atoms with Crippen LogP contribution in [0.25, 0.3) is 0 Å². The van der Waals surface area contributed by atoms with E-state index in [4.69, 9.17) is 5.11 Å². The number of urea groups is 1. The molecule has 0 atom stereocenters. The summed E-state index contributed by atoms with van der Waals surface area (Å²) in [5.41, 5.74) is 2.54. The number of amides is 3. The van der Waals surface area contributed by atoms with Gasteiger partial charge in [-0.2, -0.15) is 0 Å². The smallest absolute Gasteiger partial charge is 0.323 e. The fraction of sp³-hybridized carbons (Fsp3) is 0.250. The van der Waals surface area contributed by atoms with Crippen LogP contribution in [-0.4, -0.2) is 29.1 Å². The van der Waals surface area contributed by atoms with E-state index in [-0.39, 0.29) is 12.3 Å². The molecule has 1 aliphatic carbocycles. The minimum atomic E-state index is -0.861. The van der Waals surface area contributed by atoms with E-state index >= 15 is 0 Å². The van der Waals surface area contributed by atoms with E-state index in [0.717, 1.165) is 18.4 Å². The molecule has 7 heteroatoms. The summed E-state index contributed by atoms with van der Waals surface area (Å²) in [6, 6.07) is 13.6. The quantitative estimate of drug-likeness (QED) is 0.602. The average Bonchev–Trinajstić information content (AvgIpc) is 3.45. The number of hydrogen-bond acceptors (Lipinski definition) is 3. The summed E-state index contributed by atoms with van der Waals surface area (Å²) in [5.74, 6) is -0.966. The van der Waals surface area contributed by atoms with Gasteiger partial charge in [-0.1, -0.05) is 12.1 Å². The third-order valence-corrected chi connectivity index (χ3v) is 4.13. The first-order valence-electron chi connectivity index (χ1n) is 8.79. The van der Waals surface area contributed by atoms with Gasteiger partial charge in [0.05, 0.1) is 0 Å². The van der Waals surface area contributed by atoms with Crippen molar-refractivity contribution in [1.29, 1.82) is 0 Å². The predicted molar refractivity (Wildman–Crippen MR) is 102 cm³/mol. The molecule has 0 aliphatic heterocycles. The molecule has 0 unspecified atom stereocenters. The van der Waals surface area contributed by atoms with Crippen LogP contribution < -0.4 is 16.0 Å². The lowest BCUT2D eigenvalue weighted by Crippen LogP contribution is -2.25. The zero-order chi connectivity index (χ0) is 19.2. The molecule has 2 aromatic carbocycles. The number of aryl methyl sites for hydroxylation is 1. The Labute approximate surface area is 156 Å². The van der Waals surface area contributed by atoms with Crippen LogP contribution in [-0.2, 0) is 11.2 Å². The van der Waals surface area contributed by atoms with Crippen LogP contribution in [0.5, 0.6) is 0 Å². The summed E-state index contributed by atoms with van der Waals surface area (Å²) in [6.45, 7) is 0. The van der Waals surface area contributed by atoms with E-state index < -0.39 is 12.0 Å². The number of carbonyl (C=O) groups is 3. The first-order valence-corrected chi connectivity index (χ1v) is 8.79. The van der Waals surface area contributed by atoms with Crippen LogP contribution in [0.1, 0.15) is 35.2 Å². The molecular weight excluding hydrogens is 346 g/mol. The fourth-order valence-electron chi connectivity index (χ4n) is 2.55. The Kier molecular flexibility index (Phi) is 5.71. The van der Waals surface area contributed by atoms with Gasteiger partial charge in [0.1, 0.15) is 0 Å². The lowest BCUT2D eigenvalue weighted by molar-refractivity contribution is -0.136. The van der Waals surface area contributed by atoms with Crippen molar-refractivity contribution >= 4 is 29.3 Å². The maximum atomic E-state index is 12.1. The second-order valence-electron chi connectivity index (χ2n) is 6.50. The highest BCUT2D eigenvalue weighted by Crippen LogP contribution is 2.20. The van der Waals surface area contributed by atoms with Gasteiger partial charge in [0, 0.05) is 29.4 Å². The fourth-order valence-corrected chi connectivity index (χ4v) is 2.55. The van der Waals surface area contributed by atoms with Crippen molar-refractivity contribution in [2.24, 2.45) is 0 Å². The van der Waals surface area contributed by atoms with Crippen LogP contribution >= 0.6 is 0 Å². The minimum absolute atomic E-state index is 0.0380. The van der Waals surface area contributed by atoms with Gasteiger partial charge >= 0.3 is 12.0 Å². The normalized spacial score (nSPS) is 12.9. The van der Waals surface area contributed by atoms with Crippen molar-refractivity contribution in [3.63, 3.8) is 0 Å². The largest absolute Gasteiger partial charge is 0.481 e. The van der Waals surface area contributed by atoms with Crippen molar-refractivity contribution < 1.29 is 19.5 Å². The van der Waals surface area contributed by atoms with E-state index in [2.05, 4.69) is 16.0 Å². The molecule has 27 heavy (non-hydrogen) atoms. The topological polar surface area (TPSA) is 108 Å². The molecule has 3 amide bonds. The molecule has 1 fully saturated rings. The predicted octanol–water partition coefficient (Wildman–Crippen LogP) is 3.24. The van der Waals surface area contributed by atoms with Gasteiger partial charge in [-0.05, 0) is 61.2 Å². The van der Waals surface area contributed by atoms with Crippen molar-refractivity contribution in [1.82, 2.24) is 5.32 Å². The van der Waals surface area contributed by atoms with Crippen LogP contribution in [0.15, 0.2) is 48.5 Å². The maximum Gasteiger partial charge on any atom is 0.323 e. The van der Waals surface area contributed by atoms with Gasteiger partial charge in [0.25, 0.3) is 5.91 Å². The number of carboxylic acid groups (broad SMARTS) is 1. The van der Waals surface area contributed by atoms with Crippen molar-refractivity contribution in [3.05, 3.63) is 59.7 Å². The van der Waals surface area contributed by atoms with E-state index in [1.54, 1.807) is 42.5 Å². The molecule has 0 bridgehead atoms. The van der Waals surface area contributed by atoms with Crippen LogP contribution in [0.4, 0.5) is 16.2 Å². The van der Waals surface area contributed by atoms with Crippen LogP contribution in [0, 0.1) is 0 Å². The van der Waals surface area contributed by atoms with Crippen molar-refractivity contribution in [2.45, 2.75) is 31.7 Å². The Hall–Kier alpha value is -3.35. The molecular formula is C20H21N3O4. The third-order valence-electron chi connectivity index (χ3n) is 4.13. The third kappa shape index (κ3) is 5.85. The van der Waals surface area contributed by atoms with Crippen LogP contribution in [0.2, 0.25) is 0 Å². The van der Waals surface area contributed by atoms with Gasteiger partial charge < -0.3 is 21.1 Å². The van der Waals surface area contributed by atoms with E-state index in [9.17, 15) is 14.4 Å². The molecule has 0 saturated heterocycles. The number of benzene rings is 2. The van der Waals surface area contributed by atoms with Gasteiger partial charge in [-0.3, -0.25) is 9.59 Å². The number of nitrogens with one attached hydrogen (secondary N) is 3. The Morgan fingerprint density at radius 3 is 2.33 bits per heavy atom. The van der Waals surface area contributed by atoms with Crippen molar-refractivity contribution in [2.75, 3.05) is 10.6 Å². The number of rotatable bonds is 7. The number of aliphatic carboxylic acids is 1. The van der Waals surface area contributed by atoms with E-state index in [0.29, 0.717) is 29.4 Å². The highest BCUT2D eigenvalue weighted by molar-refractivity contribution is 6.00. The second-order valence-corrected chi connectivity index (χ2v) is 6.50. The molecule has 7 nitrogen and oxygen atoms in total. The molecule has 0 spiro atoms. The Balaban J connectivity index is 1.53. The van der Waals surface area contributed by atoms with Gasteiger partial charge in [-0.25, -0.2) is 4.79 Å². The SMILES string of the molecule is O=C(O)CCc1cccc(NC(=O)Nc2ccc(C(=O)NC3CC3)cc2)c1. The molecule has 0 radical (unpaired) electrons. The molecule has 2 aromatic rings. The molecule has 1 saturated carbocycles. The summed E-state index contributed by atoms with van der Waals surface area (Å²) in [7, 11) is 0. The zero-order valence-corrected chi connectivity index (χ0v) is 14.7. The van der Waals surface area contributed by atoms with Gasteiger partial charge in [0.2, 0.25) is 0 Å². The highest BCUT2D eigenvalue weighted by atomic mass is 16.4. The first-order chi connectivity index (χ1) is 13.0. The average molecular weight is 367 g/mol. The molecule has 3 rings (SSSR count). The highest BCUT2D eigenvalue weighted by Gasteiger charge is 2.23. The Morgan fingerprint density at radius 1 is 0.963 bits per heavy atom. The van der Waals surface area contributed by atoms with E-state index in [1.165, 1.54) is 0 Å². The van der Waals surface area contributed by atoms with Crippen molar-refractivity contribution in [3.8, 4) is 0 Å². The summed E-state index contributed by atoms with van der Waals surface area (Å²) in [5, 5.41) is 17.1. The summed E-state index contributed by atoms with van der Waals surface area (Å²) < 4.78 is 0. The lowest BCUT2D eigenvalue weighted by Gasteiger charge is -2.10. The lowest BCUT2D eigenvalue weighted by atomic mass is 10.1. The molecule has 140 valence electrons. The molecule has 0 aromatic heterocycles. The van der Waals surface area contributed by atoms with Gasteiger partial charge in [0.15, 0.2) is 0 Å². The van der Waals surface area contributed by atoms with E-state index in [1.807, 2.05) is 6.07 Å². The Morgan fingerprint density at radius 2 is 1.67 bits per heavy atom. The van der Waals surface area contributed by atoms with Crippen LogP contribution in [0.3, 0.4) is 0 Å². The number of carboxylic acids is 1.